The number of carbonyl (C=O) groups is 1. The van der Waals surface area contributed by atoms with E-state index < -0.39 is 6.04 Å². The Balaban J connectivity index is 1.68. The van der Waals surface area contributed by atoms with Gasteiger partial charge in [-0.25, -0.2) is 15.0 Å². The van der Waals surface area contributed by atoms with Crippen molar-refractivity contribution in [3.8, 4) is 0 Å². The lowest BCUT2D eigenvalue weighted by Gasteiger charge is -2.16. The topological polar surface area (TPSA) is 96.5 Å². The maximum absolute atomic E-state index is 13.0. The predicted molar refractivity (Wildman–Crippen MR) is 106 cm³/mol. The van der Waals surface area contributed by atoms with E-state index in [0.29, 0.717) is 22.7 Å². The second kappa shape index (κ2) is 7.19. The Labute approximate surface area is 162 Å². The molecule has 0 radical (unpaired) electrons. The van der Waals surface area contributed by atoms with Crippen molar-refractivity contribution in [2.24, 2.45) is 0 Å². The number of nitrogens with one attached hydrogen (secondary N) is 2. The summed E-state index contributed by atoms with van der Waals surface area (Å²) in [7, 11) is 0. The van der Waals surface area contributed by atoms with E-state index in [0.717, 1.165) is 22.5 Å². The molecule has 2 aromatic heterocycles. The van der Waals surface area contributed by atoms with E-state index in [1.165, 1.54) is 0 Å². The van der Waals surface area contributed by atoms with E-state index in [4.69, 9.17) is 0 Å². The normalized spacial score (nSPS) is 12.1. The van der Waals surface area contributed by atoms with Gasteiger partial charge in [0, 0.05) is 5.56 Å². The van der Waals surface area contributed by atoms with Crippen LogP contribution in [-0.2, 0) is 0 Å². The fourth-order valence-corrected chi connectivity index (χ4v) is 3.02. The second-order valence-electron chi connectivity index (χ2n) is 6.69. The third kappa shape index (κ3) is 3.46. The third-order valence-corrected chi connectivity index (χ3v) is 4.62. The minimum absolute atomic E-state index is 0.224. The molecule has 140 valence electrons. The Morgan fingerprint density at radius 3 is 2.32 bits per heavy atom. The van der Waals surface area contributed by atoms with Crippen LogP contribution in [0.2, 0.25) is 0 Å². The van der Waals surface area contributed by atoms with Crippen LogP contribution in [0.5, 0.6) is 0 Å². The van der Waals surface area contributed by atoms with Crippen LogP contribution >= 0.6 is 0 Å². The van der Waals surface area contributed by atoms with Gasteiger partial charge in [0.15, 0.2) is 5.82 Å². The molecule has 2 N–H and O–H groups in total. The lowest BCUT2D eigenvalue weighted by Crippen LogP contribution is -2.30. The molecule has 0 spiro atoms. The lowest BCUT2D eigenvalue weighted by atomic mass is 10.1. The van der Waals surface area contributed by atoms with Gasteiger partial charge in [-0.15, -0.1) is 0 Å². The van der Waals surface area contributed by atoms with Crippen molar-refractivity contribution in [1.29, 1.82) is 0 Å². The average molecular weight is 372 g/mol. The van der Waals surface area contributed by atoms with Crippen molar-refractivity contribution in [1.82, 2.24) is 30.5 Å². The molecule has 7 heteroatoms. The van der Waals surface area contributed by atoms with Crippen molar-refractivity contribution >= 4 is 16.9 Å². The van der Waals surface area contributed by atoms with E-state index in [1.54, 1.807) is 12.1 Å². The number of fused-ring (bicyclic) bond motifs is 1. The average Bonchev–Trinajstić information content (AvgIpc) is 3.13. The van der Waals surface area contributed by atoms with E-state index in [-0.39, 0.29) is 5.91 Å². The lowest BCUT2D eigenvalue weighted by molar-refractivity contribution is 0.0941. The number of hydrogen-bond acceptors (Lipinski definition) is 5. The highest BCUT2D eigenvalue weighted by Gasteiger charge is 2.22. The molecule has 0 aliphatic carbocycles. The van der Waals surface area contributed by atoms with Gasteiger partial charge in [0.25, 0.3) is 5.91 Å². The van der Waals surface area contributed by atoms with E-state index in [9.17, 15) is 4.79 Å². The molecule has 1 unspecified atom stereocenters. The third-order valence-electron chi connectivity index (χ3n) is 4.62. The first-order valence-corrected chi connectivity index (χ1v) is 9.01. The quantitative estimate of drug-likeness (QED) is 0.573. The summed E-state index contributed by atoms with van der Waals surface area (Å²) in [6.45, 7) is 5.66. The molecule has 0 bridgehead atoms. The fourth-order valence-electron chi connectivity index (χ4n) is 3.02. The van der Waals surface area contributed by atoms with E-state index in [1.807, 2.05) is 57.2 Å². The van der Waals surface area contributed by atoms with Crippen molar-refractivity contribution in [3.05, 3.63) is 82.7 Å². The number of nitrogens with zero attached hydrogens (tertiary/aromatic N) is 4. The molecule has 1 amide bonds. The monoisotopic (exact) mass is 372 g/mol. The molecule has 2 aromatic carbocycles. The molecule has 0 aliphatic rings. The van der Waals surface area contributed by atoms with Gasteiger partial charge in [0.2, 0.25) is 0 Å². The van der Waals surface area contributed by atoms with E-state index in [2.05, 4.69) is 30.5 Å². The highest BCUT2D eigenvalue weighted by molar-refractivity contribution is 5.97. The summed E-state index contributed by atoms with van der Waals surface area (Å²) in [5.41, 5.74) is 4.61. The number of benzene rings is 2. The molecule has 28 heavy (non-hydrogen) atoms. The number of aromatic nitrogens is 5. The van der Waals surface area contributed by atoms with Gasteiger partial charge in [-0.1, -0.05) is 30.3 Å². The largest absolute Gasteiger partial charge is 0.338 e. The Morgan fingerprint density at radius 1 is 0.929 bits per heavy atom. The van der Waals surface area contributed by atoms with Crippen LogP contribution in [0.1, 0.15) is 45.0 Å². The molecule has 0 fully saturated rings. The minimum atomic E-state index is -0.458. The number of rotatable bonds is 4. The zero-order valence-corrected chi connectivity index (χ0v) is 15.9. The van der Waals surface area contributed by atoms with Crippen LogP contribution in [0.3, 0.4) is 0 Å². The minimum Gasteiger partial charge on any atom is -0.338 e. The summed E-state index contributed by atoms with van der Waals surface area (Å²) < 4.78 is 0. The maximum Gasteiger partial charge on any atom is 0.252 e. The molecular formula is C21H20N6O. The van der Waals surface area contributed by atoms with E-state index >= 15 is 0 Å². The van der Waals surface area contributed by atoms with Crippen LogP contribution in [0.4, 0.5) is 0 Å². The highest BCUT2D eigenvalue weighted by atomic mass is 16.1. The first-order valence-electron chi connectivity index (χ1n) is 9.01. The van der Waals surface area contributed by atoms with Gasteiger partial charge in [0.05, 0.1) is 22.4 Å². The summed E-state index contributed by atoms with van der Waals surface area (Å²) in [5, 5.41) is 10.1. The van der Waals surface area contributed by atoms with Gasteiger partial charge in [-0.05, 0) is 44.5 Å². The standard InChI is InChI=1S/C21H20N6O/c1-12-13(2)23-18-11-16(9-10-17(18)22-12)21(28)25-19(15-7-5-4-6-8-15)20-24-14(3)26-27-20/h4-11,19H,1-3H3,(H,25,28)(H,24,26,27). The summed E-state index contributed by atoms with van der Waals surface area (Å²) in [6, 6.07) is 14.5. The van der Waals surface area contributed by atoms with Gasteiger partial charge >= 0.3 is 0 Å². The molecule has 0 aliphatic heterocycles. The number of amides is 1. The molecule has 1 atom stereocenters. The number of carbonyl (C=O) groups excluding carboxylic acids is 1. The van der Waals surface area contributed by atoms with Crippen molar-refractivity contribution in [3.63, 3.8) is 0 Å². The molecule has 4 rings (SSSR count). The fraction of sp³-hybridized carbons (Fsp3) is 0.190. The summed E-state index contributed by atoms with van der Waals surface area (Å²) in [5.74, 6) is 0.985. The summed E-state index contributed by atoms with van der Waals surface area (Å²) >= 11 is 0. The zero-order valence-electron chi connectivity index (χ0n) is 15.9. The second-order valence-corrected chi connectivity index (χ2v) is 6.69. The molecule has 4 aromatic rings. The smallest absolute Gasteiger partial charge is 0.252 e. The Bertz CT molecular complexity index is 1150. The first-order chi connectivity index (χ1) is 13.5. The molecule has 0 saturated carbocycles. The Kier molecular flexibility index (Phi) is 4.57. The summed E-state index contributed by atoms with van der Waals surface area (Å²) in [6.07, 6.45) is 0. The molecule has 7 nitrogen and oxygen atoms in total. The number of H-pyrrole nitrogens is 1. The number of hydrogen-bond donors (Lipinski definition) is 2. The molecule has 0 saturated heterocycles. The summed E-state index contributed by atoms with van der Waals surface area (Å²) in [4.78, 5) is 26.4. The van der Waals surface area contributed by atoms with Crippen LogP contribution in [0.15, 0.2) is 48.5 Å². The first kappa shape index (κ1) is 17.8. The van der Waals surface area contributed by atoms with Crippen LogP contribution in [0, 0.1) is 20.8 Å². The van der Waals surface area contributed by atoms with Gasteiger partial charge in [-0.2, -0.15) is 5.10 Å². The highest BCUT2D eigenvalue weighted by Crippen LogP contribution is 2.20. The number of aromatic amines is 1. The van der Waals surface area contributed by atoms with Crippen LogP contribution < -0.4 is 5.32 Å². The maximum atomic E-state index is 13.0. The van der Waals surface area contributed by atoms with Gasteiger partial charge in [0.1, 0.15) is 11.9 Å². The Hall–Kier alpha value is -3.61. The van der Waals surface area contributed by atoms with Crippen molar-refractivity contribution in [2.75, 3.05) is 0 Å². The number of aryl methyl sites for hydroxylation is 3. The van der Waals surface area contributed by atoms with Gasteiger partial charge in [-0.3, -0.25) is 9.89 Å². The van der Waals surface area contributed by atoms with Crippen LogP contribution in [0.25, 0.3) is 11.0 Å². The zero-order chi connectivity index (χ0) is 19.7. The predicted octanol–water partition coefficient (Wildman–Crippen LogP) is 3.19. The van der Waals surface area contributed by atoms with Crippen molar-refractivity contribution in [2.45, 2.75) is 26.8 Å². The Morgan fingerprint density at radius 2 is 1.64 bits per heavy atom. The molecular weight excluding hydrogens is 352 g/mol. The molecule has 2 heterocycles. The SMILES string of the molecule is Cc1nc(C(NC(=O)c2ccc3nc(C)c(C)nc3c2)c2ccccc2)n[nH]1. The van der Waals surface area contributed by atoms with Crippen molar-refractivity contribution < 1.29 is 4.79 Å². The van der Waals surface area contributed by atoms with Crippen LogP contribution in [-0.4, -0.2) is 31.1 Å². The van der Waals surface area contributed by atoms with Gasteiger partial charge < -0.3 is 5.32 Å².